The van der Waals surface area contributed by atoms with Gasteiger partial charge in [0, 0.05) is 0 Å². The fourth-order valence-corrected chi connectivity index (χ4v) is 2.87. The lowest BCUT2D eigenvalue weighted by atomic mass is 9.90. The van der Waals surface area contributed by atoms with E-state index in [1.807, 2.05) is 6.08 Å². The highest BCUT2D eigenvalue weighted by Crippen LogP contribution is 2.29. The first kappa shape index (κ1) is 12.9. The zero-order chi connectivity index (χ0) is 12.1. The van der Waals surface area contributed by atoms with Gasteiger partial charge in [-0.05, 0) is 43.8 Å². The molecular formula is C15H24O2. The van der Waals surface area contributed by atoms with Gasteiger partial charge in [0.15, 0.2) is 0 Å². The maximum atomic E-state index is 10.5. The van der Waals surface area contributed by atoms with Crippen LogP contribution < -0.4 is 0 Å². The van der Waals surface area contributed by atoms with Crippen LogP contribution in [0.25, 0.3) is 0 Å². The van der Waals surface area contributed by atoms with Crippen molar-refractivity contribution < 1.29 is 10.2 Å². The second-order valence-electron chi connectivity index (χ2n) is 5.59. The van der Waals surface area contributed by atoms with Gasteiger partial charge in [0.2, 0.25) is 0 Å². The molecule has 96 valence electrons. The molecule has 2 aliphatic rings. The Balaban J connectivity index is 2.08. The molecule has 0 aromatic rings. The third-order valence-corrected chi connectivity index (χ3v) is 4.07. The summed E-state index contributed by atoms with van der Waals surface area (Å²) < 4.78 is 0. The maximum absolute atomic E-state index is 10.5. The normalized spacial score (nSPS) is 29.3. The molecule has 2 rings (SSSR count). The summed E-state index contributed by atoms with van der Waals surface area (Å²) in [6.07, 6.45) is 11.9. The molecule has 2 saturated carbocycles. The van der Waals surface area contributed by atoms with E-state index in [0.717, 1.165) is 56.9 Å². The quantitative estimate of drug-likeness (QED) is 0.542. The highest BCUT2D eigenvalue weighted by atomic mass is 16.3. The van der Waals surface area contributed by atoms with Gasteiger partial charge < -0.3 is 10.2 Å². The number of hydrogen-bond acceptors (Lipinski definition) is 2. The predicted molar refractivity (Wildman–Crippen MR) is 68.7 cm³/mol. The average Bonchev–Trinajstić information content (AvgIpc) is 2.54. The SMILES string of the molecule is O[C@H]1CCCCC1=C=CC1(O)CCCCCC1. The van der Waals surface area contributed by atoms with Crippen molar-refractivity contribution in [2.75, 3.05) is 0 Å². The zero-order valence-electron chi connectivity index (χ0n) is 10.6. The van der Waals surface area contributed by atoms with E-state index in [-0.39, 0.29) is 6.10 Å². The molecule has 0 spiro atoms. The number of hydrogen-bond donors (Lipinski definition) is 2. The van der Waals surface area contributed by atoms with E-state index in [1.165, 1.54) is 12.8 Å². The van der Waals surface area contributed by atoms with Crippen LogP contribution in [0.1, 0.15) is 64.2 Å². The molecular weight excluding hydrogens is 212 g/mol. The first-order valence-corrected chi connectivity index (χ1v) is 7.07. The van der Waals surface area contributed by atoms with Gasteiger partial charge in [0.05, 0.1) is 11.7 Å². The standard InChI is InChI=1S/C15H24O2/c16-14-8-4-3-7-13(14)9-12-15(17)10-5-1-2-6-11-15/h12,14,16-17H,1-8,10-11H2/t9?,14-/m0/s1. The number of aliphatic hydroxyl groups excluding tert-OH is 1. The van der Waals surface area contributed by atoms with Crippen LogP contribution in [0.3, 0.4) is 0 Å². The molecule has 2 nitrogen and oxygen atoms in total. The molecule has 0 heterocycles. The van der Waals surface area contributed by atoms with Crippen LogP contribution in [-0.2, 0) is 0 Å². The first-order chi connectivity index (χ1) is 8.20. The molecule has 0 aromatic heterocycles. The van der Waals surface area contributed by atoms with Crippen LogP contribution in [0.4, 0.5) is 0 Å². The van der Waals surface area contributed by atoms with E-state index in [2.05, 4.69) is 5.73 Å². The molecule has 0 aromatic carbocycles. The summed E-state index contributed by atoms with van der Waals surface area (Å²) in [4.78, 5) is 0. The summed E-state index contributed by atoms with van der Waals surface area (Å²) >= 11 is 0. The van der Waals surface area contributed by atoms with Crippen molar-refractivity contribution in [1.82, 2.24) is 0 Å². The Bertz CT molecular complexity index is 305. The van der Waals surface area contributed by atoms with Crippen molar-refractivity contribution in [3.63, 3.8) is 0 Å². The first-order valence-electron chi connectivity index (χ1n) is 7.07. The lowest BCUT2D eigenvalue weighted by molar-refractivity contribution is 0.0747. The summed E-state index contributed by atoms with van der Waals surface area (Å²) in [6.45, 7) is 0. The van der Waals surface area contributed by atoms with Crippen molar-refractivity contribution >= 4 is 0 Å². The van der Waals surface area contributed by atoms with Gasteiger partial charge in [-0.1, -0.05) is 32.1 Å². The van der Waals surface area contributed by atoms with Crippen LogP contribution in [0.2, 0.25) is 0 Å². The molecule has 2 fully saturated rings. The molecule has 0 radical (unpaired) electrons. The summed E-state index contributed by atoms with van der Waals surface area (Å²) in [5, 5.41) is 20.3. The predicted octanol–water partition coefficient (Wildman–Crippen LogP) is 3.09. The van der Waals surface area contributed by atoms with E-state index in [1.54, 1.807) is 0 Å². The van der Waals surface area contributed by atoms with Crippen LogP contribution in [0, 0.1) is 0 Å². The topological polar surface area (TPSA) is 40.5 Å². The molecule has 0 saturated heterocycles. The fraction of sp³-hybridized carbons (Fsp3) is 0.800. The smallest absolute Gasteiger partial charge is 0.0901 e. The average molecular weight is 236 g/mol. The molecule has 2 heteroatoms. The third-order valence-electron chi connectivity index (χ3n) is 4.07. The molecule has 2 aliphatic carbocycles. The second kappa shape index (κ2) is 5.86. The Morgan fingerprint density at radius 3 is 2.41 bits per heavy atom. The molecule has 0 aliphatic heterocycles. The largest absolute Gasteiger partial charge is 0.388 e. The van der Waals surface area contributed by atoms with Gasteiger partial charge in [-0.25, -0.2) is 0 Å². The van der Waals surface area contributed by atoms with Gasteiger partial charge >= 0.3 is 0 Å². The lowest BCUT2D eigenvalue weighted by Gasteiger charge is -2.22. The maximum Gasteiger partial charge on any atom is 0.0901 e. The monoisotopic (exact) mass is 236 g/mol. The minimum Gasteiger partial charge on any atom is -0.388 e. The lowest BCUT2D eigenvalue weighted by Crippen LogP contribution is -2.24. The van der Waals surface area contributed by atoms with Crippen molar-refractivity contribution in [1.29, 1.82) is 0 Å². The Kier molecular flexibility index (Phi) is 4.44. The summed E-state index contributed by atoms with van der Waals surface area (Å²) in [6, 6.07) is 0. The van der Waals surface area contributed by atoms with Crippen molar-refractivity contribution in [2.24, 2.45) is 0 Å². The Labute approximate surface area is 104 Å². The van der Waals surface area contributed by atoms with Crippen LogP contribution in [0.15, 0.2) is 17.4 Å². The molecule has 17 heavy (non-hydrogen) atoms. The number of rotatable bonds is 1. The van der Waals surface area contributed by atoms with Crippen molar-refractivity contribution in [3.8, 4) is 0 Å². The zero-order valence-corrected chi connectivity index (χ0v) is 10.6. The van der Waals surface area contributed by atoms with Gasteiger partial charge in [-0.2, -0.15) is 0 Å². The van der Waals surface area contributed by atoms with Gasteiger partial charge in [-0.3, -0.25) is 0 Å². The fourth-order valence-electron chi connectivity index (χ4n) is 2.87. The Hall–Kier alpha value is -0.560. The van der Waals surface area contributed by atoms with Crippen LogP contribution in [-0.4, -0.2) is 21.9 Å². The van der Waals surface area contributed by atoms with Crippen molar-refractivity contribution in [2.45, 2.75) is 75.9 Å². The van der Waals surface area contributed by atoms with E-state index in [0.29, 0.717) is 0 Å². The van der Waals surface area contributed by atoms with E-state index in [9.17, 15) is 10.2 Å². The molecule has 0 bridgehead atoms. The van der Waals surface area contributed by atoms with Crippen LogP contribution in [0.5, 0.6) is 0 Å². The Morgan fingerprint density at radius 1 is 1.06 bits per heavy atom. The summed E-state index contributed by atoms with van der Waals surface area (Å²) in [5.41, 5.74) is 3.53. The molecule has 0 amide bonds. The van der Waals surface area contributed by atoms with Gasteiger partial charge in [-0.15, -0.1) is 5.73 Å². The molecule has 0 unspecified atom stereocenters. The molecule has 1 atom stereocenters. The number of aliphatic hydroxyl groups is 2. The van der Waals surface area contributed by atoms with Crippen LogP contribution >= 0.6 is 0 Å². The van der Waals surface area contributed by atoms with Gasteiger partial charge in [0.25, 0.3) is 0 Å². The van der Waals surface area contributed by atoms with Gasteiger partial charge in [0.1, 0.15) is 0 Å². The second-order valence-corrected chi connectivity index (χ2v) is 5.59. The molecule has 2 N–H and O–H groups in total. The van der Waals surface area contributed by atoms with E-state index in [4.69, 9.17) is 0 Å². The highest BCUT2D eigenvalue weighted by molar-refractivity contribution is 5.13. The summed E-state index contributed by atoms with van der Waals surface area (Å²) in [7, 11) is 0. The Morgan fingerprint density at radius 2 is 1.76 bits per heavy atom. The third kappa shape index (κ3) is 3.70. The minimum absolute atomic E-state index is 0.325. The van der Waals surface area contributed by atoms with E-state index >= 15 is 0 Å². The minimum atomic E-state index is -0.666. The van der Waals surface area contributed by atoms with E-state index < -0.39 is 5.60 Å². The van der Waals surface area contributed by atoms with Crippen molar-refractivity contribution in [3.05, 3.63) is 17.4 Å². The highest BCUT2D eigenvalue weighted by Gasteiger charge is 2.25. The summed E-state index contributed by atoms with van der Waals surface area (Å²) in [5.74, 6) is 0.